The molecule has 1 heterocycles. The highest BCUT2D eigenvalue weighted by Crippen LogP contribution is 2.22. The first-order valence-electron chi connectivity index (χ1n) is 5.28. The van der Waals surface area contributed by atoms with E-state index in [-0.39, 0.29) is 5.92 Å². The largest absolute Gasteiger partial charge is 0.334 e. The van der Waals surface area contributed by atoms with Crippen LogP contribution in [0.25, 0.3) is 0 Å². The Hall–Kier alpha value is -1.12. The Labute approximate surface area is 84.1 Å². The zero-order valence-electron chi connectivity index (χ0n) is 8.57. The van der Waals surface area contributed by atoms with Crippen molar-refractivity contribution in [2.45, 2.75) is 39.2 Å². The zero-order valence-corrected chi connectivity index (χ0v) is 8.57. The molecule has 1 unspecified atom stereocenters. The monoisotopic (exact) mass is 192 g/mol. The van der Waals surface area contributed by atoms with Crippen LogP contribution in [-0.4, -0.2) is 15.3 Å². The fourth-order valence-electron chi connectivity index (χ4n) is 2.08. The summed E-state index contributed by atoms with van der Waals surface area (Å²) in [6.07, 6.45) is 7.86. The maximum atomic E-state index is 11.6. The molecule has 3 heteroatoms. The van der Waals surface area contributed by atoms with Crippen LogP contribution in [0.5, 0.6) is 0 Å². The first kappa shape index (κ1) is 9.44. The maximum absolute atomic E-state index is 11.6. The van der Waals surface area contributed by atoms with Crippen LogP contribution in [0.2, 0.25) is 0 Å². The van der Waals surface area contributed by atoms with Gasteiger partial charge in [-0.25, -0.2) is 4.98 Å². The second-order valence-corrected chi connectivity index (χ2v) is 4.04. The molecule has 1 aliphatic rings. The van der Waals surface area contributed by atoms with Crippen LogP contribution in [0.3, 0.4) is 0 Å². The Morgan fingerprint density at radius 1 is 1.57 bits per heavy atom. The molecule has 1 aromatic heterocycles. The van der Waals surface area contributed by atoms with Crippen molar-refractivity contribution in [3.8, 4) is 0 Å². The highest BCUT2D eigenvalue weighted by molar-refractivity contribution is 5.81. The molecule has 1 saturated carbocycles. The van der Waals surface area contributed by atoms with Gasteiger partial charge in [-0.05, 0) is 19.8 Å². The van der Waals surface area contributed by atoms with Crippen LogP contribution in [0, 0.1) is 12.8 Å². The lowest BCUT2D eigenvalue weighted by Crippen LogP contribution is -2.24. The van der Waals surface area contributed by atoms with E-state index in [0.29, 0.717) is 5.78 Å². The van der Waals surface area contributed by atoms with Gasteiger partial charge in [-0.2, -0.15) is 0 Å². The second kappa shape index (κ2) is 3.95. The molecule has 0 amide bonds. The summed E-state index contributed by atoms with van der Waals surface area (Å²) < 4.78 is 2.08. The Morgan fingerprint density at radius 2 is 2.43 bits per heavy atom. The van der Waals surface area contributed by atoms with Gasteiger partial charge in [0.2, 0.25) is 0 Å². The van der Waals surface area contributed by atoms with Crippen molar-refractivity contribution in [1.29, 1.82) is 0 Å². The van der Waals surface area contributed by atoms with Gasteiger partial charge in [0.05, 0.1) is 0 Å². The van der Waals surface area contributed by atoms with Crippen molar-refractivity contribution >= 4 is 5.78 Å². The quantitative estimate of drug-likeness (QED) is 0.717. The van der Waals surface area contributed by atoms with E-state index in [9.17, 15) is 4.79 Å². The van der Waals surface area contributed by atoms with Gasteiger partial charge < -0.3 is 4.57 Å². The summed E-state index contributed by atoms with van der Waals surface area (Å²) in [6.45, 7) is 2.80. The molecule has 0 bridgehead atoms. The van der Waals surface area contributed by atoms with Crippen molar-refractivity contribution < 1.29 is 4.79 Å². The Kier molecular flexibility index (Phi) is 2.66. The molecule has 1 fully saturated rings. The predicted octanol–water partition coefficient (Wildman–Crippen LogP) is 1.95. The van der Waals surface area contributed by atoms with Crippen molar-refractivity contribution in [1.82, 2.24) is 9.55 Å². The number of aryl methyl sites for hydroxylation is 1. The Bertz CT molecular complexity index is 330. The molecule has 3 nitrogen and oxygen atoms in total. The number of nitrogens with zero attached hydrogens (tertiary/aromatic N) is 2. The molecular weight excluding hydrogens is 176 g/mol. The van der Waals surface area contributed by atoms with Gasteiger partial charge in [0.25, 0.3) is 0 Å². The number of hydrogen-bond acceptors (Lipinski definition) is 2. The summed E-state index contributed by atoms with van der Waals surface area (Å²) in [5, 5.41) is 0. The molecule has 1 aromatic rings. The van der Waals surface area contributed by atoms with Crippen LogP contribution in [0.1, 0.15) is 31.5 Å². The number of hydrogen-bond donors (Lipinski definition) is 0. The minimum atomic E-state index is 0.233. The van der Waals surface area contributed by atoms with E-state index in [1.165, 1.54) is 6.42 Å². The first-order chi connectivity index (χ1) is 6.77. The van der Waals surface area contributed by atoms with E-state index >= 15 is 0 Å². The highest BCUT2D eigenvalue weighted by Gasteiger charge is 2.22. The highest BCUT2D eigenvalue weighted by atomic mass is 16.1. The van der Waals surface area contributed by atoms with Gasteiger partial charge in [0.1, 0.15) is 11.6 Å². The van der Waals surface area contributed by atoms with E-state index in [1.54, 1.807) is 6.20 Å². The summed E-state index contributed by atoms with van der Waals surface area (Å²) in [5.74, 6) is 1.67. The fraction of sp³-hybridized carbons (Fsp3) is 0.636. The van der Waals surface area contributed by atoms with Crippen LogP contribution in [-0.2, 0) is 11.3 Å². The molecule has 0 aromatic carbocycles. The Morgan fingerprint density at radius 3 is 3.07 bits per heavy atom. The number of ketones is 1. The van der Waals surface area contributed by atoms with Crippen LogP contribution >= 0.6 is 0 Å². The average Bonchev–Trinajstić information content (AvgIpc) is 2.56. The lowest BCUT2D eigenvalue weighted by molar-refractivity contribution is -0.125. The molecule has 0 spiro atoms. The molecule has 0 aliphatic heterocycles. The minimum Gasteiger partial charge on any atom is -0.334 e. The van der Waals surface area contributed by atoms with Gasteiger partial charge in [-0.15, -0.1) is 0 Å². The van der Waals surface area contributed by atoms with E-state index in [1.807, 2.05) is 13.1 Å². The van der Waals surface area contributed by atoms with Crippen molar-refractivity contribution in [3.63, 3.8) is 0 Å². The smallest absolute Gasteiger partial charge is 0.137 e. The van der Waals surface area contributed by atoms with Crippen LogP contribution in [0.4, 0.5) is 0 Å². The third kappa shape index (κ3) is 1.86. The van der Waals surface area contributed by atoms with Crippen molar-refractivity contribution in [3.05, 3.63) is 18.2 Å². The standard InChI is InChI=1S/C11H16N2O/c1-9-12-6-7-13(9)8-10-4-2-3-5-11(10)14/h6-7,10H,2-5,8H2,1H3. The third-order valence-corrected chi connectivity index (χ3v) is 3.02. The lowest BCUT2D eigenvalue weighted by atomic mass is 9.88. The van der Waals surface area contributed by atoms with Crippen molar-refractivity contribution in [2.24, 2.45) is 5.92 Å². The number of imidazole rings is 1. The Balaban J connectivity index is 2.03. The number of Topliss-reactive ketones (excluding diaryl/α,β-unsaturated/α-hetero) is 1. The van der Waals surface area contributed by atoms with Crippen molar-refractivity contribution in [2.75, 3.05) is 0 Å². The second-order valence-electron chi connectivity index (χ2n) is 4.04. The van der Waals surface area contributed by atoms with Crippen LogP contribution < -0.4 is 0 Å². The topological polar surface area (TPSA) is 34.9 Å². The number of aromatic nitrogens is 2. The van der Waals surface area contributed by atoms with E-state index < -0.39 is 0 Å². The fourth-order valence-corrected chi connectivity index (χ4v) is 2.08. The molecule has 2 rings (SSSR count). The summed E-state index contributed by atoms with van der Waals surface area (Å²) in [6, 6.07) is 0. The van der Waals surface area contributed by atoms with E-state index in [0.717, 1.165) is 31.6 Å². The molecule has 1 atom stereocenters. The van der Waals surface area contributed by atoms with Crippen LogP contribution in [0.15, 0.2) is 12.4 Å². The molecule has 0 radical (unpaired) electrons. The van der Waals surface area contributed by atoms with E-state index in [4.69, 9.17) is 0 Å². The van der Waals surface area contributed by atoms with Gasteiger partial charge in [-0.1, -0.05) is 6.42 Å². The average molecular weight is 192 g/mol. The normalized spacial score (nSPS) is 22.6. The summed E-state index contributed by atoms with van der Waals surface area (Å²) in [4.78, 5) is 15.8. The number of carbonyl (C=O) groups is 1. The molecule has 1 aliphatic carbocycles. The molecule has 14 heavy (non-hydrogen) atoms. The third-order valence-electron chi connectivity index (χ3n) is 3.02. The molecule has 0 N–H and O–H groups in total. The van der Waals surface area contributed by atoms with Gasteiger partial charge >= 0.3 is 0 Å². The summed E-state index contributed by atoms with van der Waals surface area (Å²) in [7, 11) is 0. The lowest BCUT2D eigenvalue weighted by Gasteiger charge is -2.21. The molecular formula is C11H16N2O. The summed E-state index contributed by atoms with van der Waals surface area (Å²) >= 11 is 0. The SMILES string of the molecule is Cc1nccn1CC1CCCCC1=O. The minimum absolute atomic E-state index is 0.233. The number of carbonyl (C=O) groups excluding carboxylic acids is 1. The maximum Gasteiger partial charge on any atom is 0.137 e. The molecule has 76 valence electrons. The zero-order chi connectivity index (χ0) is 9.97. The number of rotatable bonds is 2. The first-order valence-corrected chi connectivity index (χ1v) is 5.28. The summed E-state index contributed by atoms with van der Waals surface area (Å²) in [5.41, 5.74) is 0. The molecule has 0 saturated heterocycles. The van der Waals surface area contributed by atoms with Gasteiger partial charge in [0.15, 0.2) is 0 Å². The van der Waals surface area contributed by atoms with E-state index in [2.05, 4.69) is 9.55 Å². The van der Waals surface area contributed by atoms with Gasteiger partial charge in [-0.3, -0.25) is 4.79 Å². The predicted molar refractivity (Wildman–Crippen MR) is 53.9 cm³/mol. The van der Waals surface area contributed by atoms with Gasteiger partial charge in [0, 0.05) is 31.3 Å².